The molecule has 0 aliphatic carbocycles. The number of nitrogens with zero attached hydrogens (tertiary/aromatic N) is 3. The maximum Gasteiger partial charge on any atom is 0.191 e. The first-order valence-electron chi connectivity index (χ1n) is 9.14. The van der Waals surface area contributed by atoms with Gasteiger partial charge in [0.1, 0.15) is 5.15 Å². The Morgan fingerprint density at radius 1 is 1.14 bits per heavy atom. The quantitative estimate of drug-likeness (QED) is 0.485. The number of benzene rings is 1. The van der Waals surface area contributed by atoms with Crippen LogP contribution in [0.15, 0.2) is 29.3 Å². The van der Waals surface area contributed by atoms with Gasteiger partial charge in [-0.05, 0) is 37.9 Å². The van der Waals surface area contributed by atoms with Crippen molar-refractivity contribution in [3.8, 4) is 11.5 Å². The van der Waals surface area contributed by atoms with E-state index in [4.69, 9.17) is 32.7 Å². The van der Waals surface area contributed by atoms with E-state index in [0.29, 0.717) is 40.7 Å². The molecule has 7 nitrogen and oxygen atoms in total. The summed E-state index contributed by atoms with van der Waals surface area (Å²) < 4.78 is 12.6. The standard InChI is InChI=1S/C20H29Cl2N5O2/c1-23-20(24-11-14-10-15(21)19(22)27(14)4)25-12-16(26(2)3)13-7-8-17(28-5)18(9-13)29-6/h7-10,16H,11-12H2,1-6H3,(H2,23,24,25). The Hall–Kier alpha value is -2.09. The van der Waals surface area contributed by atoms with Gasteiger partial charge in [0.15, 0.2) is 17.5 Å². The Morgan fingerprint density at radius 2 is 1.83 bits per heavy atom. The zero-order valence-electron chi connectivity index (χ0n) is 17.7. The van der Waals surface area contributed by atoms with Crippen molar-refractivity contribution in [1.29, 1.82) is 0 Å². The normalized spacial score (nSPS) is 12.8. The summed E-state index contributed by atoms with van der Waals surface area (Å²) in [5, 5.41) is 7.73. The van der Waals surface area contributed by atoms with Crippen LogP contribution in [0, 0.1) is 0 Å². The van der Waals surface area contributed by atoms with Crippen LogP contribution in [0.2, 0.25) is 10.2 Å². The van der Waals surface area contributed by atoms with E-state index < -0.39 is 0 Å². The SMILES string of the molecule is CN=C(NCc1cc(Cl)c(Cl)n1C)NCC(c1ccc(OC)c(OC)c1)N(C)C. The summed E-state index contributed by atoms with van der Waals surface area (Å²) in [5.74, 6) is 2.10. The van der Waals surface area contributed by atoms with Gasteiger partial charge in [-0.1, -0.05) is 29.3 Å². The maximum atomic E-state index is 6.13. The Balaban J connectivity index is 2.05. The minimum Gasteiger partial charge on any atom is -0.493 e. The van der Waals surface area contributed by atoms with E-state index in [-0.39, 0.29) is 6.04 Å². The summed E-state index contributed by atoms with van der Waals surface area (Å²) in [6.07, 6.45) is 0. The van der Waals surface area contributed by atoms with Crippen LogP contribution < -0.4 is 20.1 Å². The minimum atomic E-state index is 0.104. The van der Waals surface area contributed by atoms with Crippen molar-refractivity contribution in [1.82, 2.24) is 20.1 Å². The second kappa shape index (κ2) is 10.6. The number of guanidine groups is 1. The number of nitrogens with one attached hydrogen (secondary N) is 2. The molecule has 2 N–H and O–H groups in total. The Labute approximate surface area is 182 Å². The number of methoxy groups -OCH3 is 2. The average molecular weight is 442 g/mol. The van der Waals surface area contributed by atoms with Crippen LogP contribution >= 0.6 is 23.2 Å². The lowest BCUT2D eigenvalue weighted by Crippen LogP contribution is -2.41. The predicted molar refractivity (Wildman–Crippen MR) is 120 cm³/mol. The number of aromatic nitrogens is 1. The van der Waals surface area contributed by atoms with Crippen molar-refractivity contribution >= 4 is 29.2 Å². The fourth-order valence-electron chi connectivity index (χ4n) is 3.01. The highest BCUT2D eigenvalue weighted by Gasteiger charge is 2.17. The molecular weight excluding hydrogens is 413 g/mol. The van der Waals surface area contributed by atoms with E-state index in [1.54, 1.807) is 21.3 Å². The van der Waals surface area contributed by atoms with E-state index >= 15 is 0 Å². The molecule has 0 saturated heterocycles. The van der Waals surface area contributed by atoms with Crippen LogP contribution in [0.4, 0.5) is 0 Å². The van der Waals surface area contributed by atoms with Gasteiger partial charge in [0, 0.05) is 26.3 Å². The predicted octanol–water partition coefficient (Wildman–Crippen LogP) is 3.32. The molecule has 2 aromatic rings. The van der Waals surface area contributed by atoms with Gasteiger partial charge in [0.05, 0.1) is 31.8 Å². The summed E-state index contributed by atoms with van der Waals surface area (Å²) >= 11 is 12.2. The van der Waals surface area contributed by atoms with Crippen LogP contribution in [0.3, 0.4) is 0 Å². The van der Waals surface area contributed by atoms with Crippen LogP contribution in [0.25, 0.3) is 0 Å². The molecule has 29 heavy (non-hydrogen) atoms. The fraction of sp³-hybridized carbons (Fsp3) is 0.450. The lowest BCUT2D eigenvalue weighted by Gasteiger charge is -2.26. The highest BCUT2D eigenvalue weighted by molar-refractivity contribution is 6.41. The number of likely N-dealkylation sites (N-methyl/N-ethyl adjacent to an activating group) is 1. The molecule has 9 heteroatoms. The summed E-state index contributed by atoms with van der Waals surface area (Å²) in [4.78, 5) is 6.44. The molecule has 1 atom stereocenters. The number of aliphatic imine (C=N–C) groups is 1. The summed E-state index contributed by atoms with van der Waals surface area (Å²) in [7, 11) is 11.0. The molecule has 0 aliphatic heterocycles. The molecule has 160 valence electrons. The van der Waals surface area contributed by atoms with Gasteiger partial charge in [-0.3, -0.25) is 4.99 Å². The third kappa shape index (κ3) is 5.72. The molecule has 0 bridgehead atoms. The van der Waals surface area contributed by atoms with E-state index in [1.807, 2.05) is 50.0 Å². The number of halogens is 2. The van der Waals surface area contributed by atoms with Crippen LogP contribution in [0.1, 0.15) is 17.3 Å². The number of hydrogen-bond acceptors (Lipinski definition) is 4. The average Bonchev–Trinajstić information content (AvgIpc) is 2.96. The lowest BCUT2D eigenvalue weighted by atomic mass is 10.1. The van der Waals surface area contributed by atoms with Gasteiger partial charge in [-0.2, -0.15) is 0 Å². The molecule has 1 aromatic heterocycles. The van der Waals surface area contributed by atoms with Crippen molar-refractivity contribution < 1.29 is 9.47 Å². The molecule has 1 unspecified atom stereocenters. The van der Waals surface area contributed by atoms with E-state index in [2.05, 4.69) is 20.5 Å². The molecule has 0 amide bonds. The maximum absolute atomic E-state index is 6.13. The summed E-state index contributed by atoms with van der Waals surface area (Å²) in [5.41, 5.74) is 2.07. The van der Waals surface area contributed by atoms with Gasteiger partial charge in [-0.15, -0.1) is 0 Å². The Bertz CT molecular complexity index is 852. The molecule has 2 rings (SSSR count). The first-order chi connectivity index (χ1) is 13.8. The third-order valence-corrected chi connectivity index (χ3v) is 5.60. The van der Waals surface area contributed by atoms with Crippen molar-refractivity contribution in [2.75, 3.05) is 41.9 Å². The Morgan fingerprint density at radius 3 is 2.34 bits per heavy atom. The number of rotatable bonds is 8. The first kappa shape index (κ1) is 23.2. The van der Waals surface area contributed by atoms with Crippen LogP contribution in [-0.4, -0.2) is 57.3 Å². The lowest BCUT2D eigenvalue weighted by molar-refractivity contribution is 0.295. The number of hydrogen-bond donors (Lipinski definition) is 2. The molecular formula is C20H29Cl2N5O2. The van der Waals surface area contributed by atoms with Gasteiger partial charge in [-0.25, -0.2) is 0 Å². The smallest absolute Gasteiger partial charge is 0.191 e. The summed E-state index contributed by atoms with van der Waals surface area (Å²) in [6, 6.07) is 7.90. The van der Waals surface area contributed by atoms with E-state index in [1.165, 1.54) is 0 Å². The van der Waals surface area contributed by atoms with Crippen molar-refractivity contribution in [2.24, 2.45) is 12.0 Å². The minimum absolute atomic E-state index is 0.104. The van der Waals surface area contributed by atoms with Crippen LogP contribution in [0.5, 0.6) is 11.5 Å². The van der Waals surface area contributed by atoms with E-state index in [0.717, 1.165) is 11.3 Å². The topological polar surface area (TPSA) is 63.1 Å². The number of ether oxygens (including phenoxy) is 2. The van der Waals surface area contributed by atoms with Crippen LogP contribution in [-0.2, 0) is 13.6 Å². The third-order valence-electron chi connectivity index (χ3n) is 4.75. The van der Waals surface area contributed by atoms with Crippen molar-refractivity contribution in [3.63, 3.8) is 0 Å². The molecule has 1 aromatic carbocycles. The highest BCUT2D eigenvalue weighted by Crippen LogP contribution is 2.31. The van der Waals surface area contributed by atoms with Gasteiger partial charge < -0.3 is 29.6 Å². The zero-order chi connectivity index (χ0) is 21.6. The van der Waals surface area contributed by atoms with E-state index in [9.17, 15) is 0 Å². The highest BCUT2D eigenvalue weighted by atomic mass is 35.5. The largest absolute Gasteiger partial charge is 0.493 e. The molecule has 0 spiro atoms. The van der Waals surface area contributed by atoms with Crippen molar-refractivity contribution in [2.45, 2.75) is 12.6 Å². The van der Waals surface area contributed by atoms with Gasteiger partial charge in [0.2, 0.25) is 0 Å². The Kier molecular flexibility index (Phi) is 8.49. The van der Waals surface area contributed by atoms with Gasteiger partial charge in [0.25, 0.3) is 0 Å². The molecule has 0 aliphatic rings. The van der Waals surface area contributed by atoms with Crippen molar-refractivity contribution in [3.05, 3.63) is 45.7 Å². The second-order valence-electron chi connectivity index (χ2n) is 6.73. The monoisotopic (exact) mass is 441 g/mol. The summed E-state index contributed by atoms with van der Waals surface area (Å²) in [6.45, 7) is 1.20. The zero-order valence-corrected chi connectivity index (χ0v) is 19.2. The second-order valence-corrected chi connectivity index (χ2v) is 7.50. The molecule has 1 heterocycles. The fourth-order valence-corrected chi connectivity index (χ4v) is 3.42. The van der Waals surface area contributed by atoms with Gasteiger partial charge >= 0.3 is 0 Å². The molecule has 0 fully saturated rings. The molecule has 0 radical (unpaired) electrons. The molecule has 0 saturated carbocycles. The first-order valence-corrected chi connectivity index (χ1v) is 9.90.